The Morgan fingerprint density at radius 1 is 1.44 bits per heavy atom. The van der Waals surface area contributed by atoms with Gasteiger partial charge in [-0.3, -0.25) is 4.79 Å². The molecule has 0 unspecified atom stereocenters. The molecule has 18 heavy (non-hydrogen) atoms. The van der Waals surface area contributed by atoms with Crippen LogP contribution >= 0.6 is 11.6 Å². The zero-order valence-corrected chi connectivity index (χ0v) is 11.3. The van der Waals surface area contributed by atoms with Crippen molar-refractivity contribution in [1.82, 2.24) is 5.32 Å². The van der Waals surface area contributed by atoms with Crippen molar-refractivity contribution in [1.29, 1.82) is 0 Å². The van der Waals surface area contributed by atoms with Gasteiger partial charge in [-0.2, -0.15) is 0 Å². The summed E-state index contributed by atoms with van der Waals surface area (Å²) in [6, 6.07) is 5.64. The molecule has 0 heterocycles. The van der Waals surface area contributed by atoms with Crippen molar-refractivity contribution >= 4 is 17.4 Å². The van der Waals surface area contributed by atoms with E-state index in [1.807, 2.05) is 0 Å². The van der Waals surface area contributed by atoms with Crippen molar-refractivity contribution in [2.75, 3.05) is 13.7 Å². The quantitative estimate of drug-likeness (QED) is 0.834. The average Bonchev–Trinajstić information content (AvgIpc) is 2.88. The van der Waals surface area contributed by atoms with Gasteiger partial charge in [-0.25, -0.2) is 0 Å². The van der Waals surface area contributed by atoms with Gasteiger partial charge in [0.2, 0.25) is 0 Å². The van der Waals surface area contributed by atoms with Crippen molar-refractivity contribution < 1.29 is 9.53 Å². The molecule has 1 aromatic carbocycles. The minimum Gasteiger partial charge on any atom is -0.497 e. The number of Topliss-reactive ketones (excluding diaryl/α,β-unsaturated/α-hetero) is 1. The summed E-state index contributed by atoms with van der Waals surface area (Å²) >= 11 is 6.07. The van der Waals surface area contributed by atoms with Gasteiger partial charge >= 0.3 is 0 Å². The van der Waals surface area contributed by atoms with Crippen molar-refractivity contribution in [2.45, 2.75) is 31.7 Å². The van der Waals surface area contributed by atoms with E-state index in [2.05, 4.69) is 5.32 Å². The van der Waals surface area contributed by atoms with Crippen LogP contribution in [0.4, 0.5) is 0 Å². The van der Waals surface area contributed by atoms with Crippen LogP contribution in [0.25, 0.3) is 0 Å². The largest absolute Gasteiger partial charge is 0.497 e. The second-order valence-corrected chi connectivity index (χ2v) is 5.04. The normalized spacial score (nSPS) is 15.9. The smallest absolute Gasteiger partial charge is 0.178 e. The van der Waals surface area contributed by atoms with Gasteiger partial charge in [0.1, 0.15) is 5.75 Å². The molecular formula is C14H18ClNO2. The van der Waals surface area contributed by atoms with Gasteiger partial charge < -0.3 is 10.1 Å². The summed E-state index contributed by atoms with van der Waals surface area (Å²) < 4.78 is 5.06. The lowest BCUT2D eigenvalue weighted by Crippen LogP contribution is -2.31. The summed E-state index contributed by atoms with van der Waals surface area (Å²) in [4.78, 5) is 12.0. The zero-order chi connectivity index (χ0) is 13.0. The van der Waals surface area contributed by atoms with E-state index < -0.39 is 0 Å². The molecular weight excluding hydrogens is 250 g/mol. The standard InChI is InChI=1S/C14H18ClNO2/c1-18-11-6-7-12(13(15)8-11)14(17)9-16-10-4-2-3-5-10/h6-8,10,16H,2-5,9H2,1H3. The molecule has 0 saturated heterocycles. The zero-order valence-electron chi connectivity index (χ0n) is 10.5. The number of benzene rings is 1. The van der Waals surface area contributed by atoms with Gasteiger partial charge in [-0.1, -0.05) is 24.4 Å². The van der Waals surface area contributed by atoms with Gasteiger partial charge in [-0.05, 0) is 31.0 Å². The van der Waals surface area contributed by atoms with E-state index in [4.69, 9.17) is 16.3 Å². The Morgan fingerprint density at radius 3 is 2.78 bits per heavy atom. The predicted molar refractivity (Wildman–Crippen MR) is 72.6 cm³/mol. The van der Waals surface area contributed by atoms with Crippen molar-refractivity contribution in [3.8, 4) is 5.75 Å². The molecule has 0 amide bonds. The molecule has 4 heteroatoms. The fraction of sp³-hybridized carbons (Fsp3) is 0.500. The number of ketones is 1. The molecule has 0 spiro atoms. The van der Waals surface area contributed by atoms with E-state index in [1.54, 1.807) is 25.3 Å². The number of hydrogen-bond acceptors (Lipinski definition) is 3. The van der Waals surface area contributed by atoms with Crippen LogP contribution in [-0.4, -0.2) is 25.5 Å². The van der Waals surface area contributed by atoms with Crippen LogP contribution in [0.2, 0.25) is 5.02 Å². The minimum atomic E-state index is 0.0366. The Labute approximate surface area is 112 Å². The van der Waals surface area contributed by atoms with E-state index in [-0.39, 0.29) is 5.78 Å². The number of methoxy groups -OCH3 is 1. The SMILES string of the molecule is COc1ccc(C(=O)CNC2CCCC2)c(Cl)c1. The molecule has 98 valence electrons. The number of nitrogens with one attached hydrogen (secondary N) is 1. The molecule has 1 aliphatic carbocycles. The predicted octanol–water partition coefficient (Wildman–Crippen LogP) is 3.06. The van der Waals surface area contributed by atoms with Crippen molar-refractivity contribution in [3.05, 3.63) is 28.8 Å². The maximum atomic E-state index is 12.0. The number of hydrogen-bond donors (Lipinski definition) is 1. The highest BCUT2D eigenvalue weighted by atomic mass is 35.5. The first-order chi connectivity index (χ1) is 8.70. The molecule has 0 bridgehead atoms. The lowest BCUT2D eigenvalue weighted by atomic mass is 10.1. The van der Waals surface area contributed by atoms with E-state index in [0.29, 0.717) is 28.9 Å². The molecule has 1 aromatic rings. The molecule has 1 N–H and O–H groups in total. The van der Waals surface area contributed by atoms with Crippen LogP contribution in [0.5, 0.6) is 5.75 Å². The Balaban J connectivity index is 1.95. The van der Waals surface area contributed by atoms with Gasteiger partial charge in [0.15, 0.2) is 5.78 Å². The highest BCUT2D eigenvalue weighted by Crippen LogP contribution is 2.23. The summed E-state index contributed by atoms with van der Waals surface area (Å²) in [6.07, 6.45) is 4.86. The van der Waals surface area contributed by atoms with Crippen LogP contribution in [0.1, 0.15) is 36.0 Å². The van der Waals surface area contributed by atoms with Crippen molar-refractivity contribution in [2.24, 2.45) is 0 Å². The highest BCUT2D eigenvalue weighted by Gasteiger charge is 2.17. The number of ether oxygens (including phenoxy) is 1. The third-order valence-electron chi connectivity index (χ3n) is 3.38. The maximum absolute atomic E-state index is 12.0. The van der Waals surface area contributed by atoms with Crippen molar-refractivity contribution in [3.63, 3.8) is 0 Å². The average molecular weight is 268 g/mol. The topological polar surface area (TPSA) is 38.3 Å². The molecule has 2 rings (SSSR count). The lowest BCUT2D eigenvalue weighted by molar-refractivity contribution is 0.0987. The second-order valence-electron chi connectivity index (χ2n) is 4.63. The molecule has 1 aliphatic rings. The lowest BCUT2D eigenvalue weighted by Gasteiger charge is -2.11. The number of carbonyl (C=O) groups excluding carboxylic acids is 1. The van der Waals surface area contributed by atoms with E-state index in [1.165, 1.54) is 25.7 Å². The summed E-state index contributed by atoms with van der Waals surface area (Å²) in [5, 5.41) is 3.75. The van der Waals surface area contributed by atoms with E-state index >= 15 is 0 Å². The number of halogens is 1. The number of rotatable bonds is 5. The molecule has 1 saturated carbocycles. The first kappa shape index (κ1) is 13.4. The summed E-state index contributed by atoms with van der Waals surface area (Å²) in [5.41, 5.74) is 0.558. The minimum absolute atomic E-state index is 0.0366. The van der Waals surface area contributed by atoms with Crippen LogP contribution in [0, 0.1) is 0 Å². The van der Waals surface area contributed by atoms with Gasteiger partial charge in [0.05, 0.1) is 18.7 Å². The van der Waals surface area contributed by atoms with Gasteiger partial charge in [0.25, 0.3) is 0 Å². The molecule has 0 aliphatic heterocycles. The Morgan fingerprint density at radius 2 is 2.17 bits per heavy atom. The highest BCUT2D eigenvalue weighted by molar-refractivity contribution is 6.34. The first-order valence-electron chi connectivity index (χ1n) is 6.31. The second kappa shape index (κ2) is 6.21. The van der Waals surface area contributed by atoms with Crippen LogP contribution < -0.4 is 10.1 Å². The Bertz CT molecular complexity index is 428. The Hall–Kier alpha value is -1.06. The fourth-order valence-electron chi connectivity index (χ4n) is 2.31. The van der Waals surface area contributed by atoms with Crippen LogP contribution in [0.3, 0.4) is 0 Å². The summed E-state index contributed by atoms with van der Waals surface area (Å²) in [6.45, 7) is 0.358. The first-order valence-corrected chi connectivity index (χ1v) is 6.68. The maximum Gasteiger partial charge on any atom is 0.178 e. The molecule has 3 nitrogen and oxygen atoms in total. The van der Waals surface area contributed by atoms with Crippen LogP contribution in [-0.2, 0) is 0 Å². The van der Waals surface area contributed by atoms with E-state index in [9.17, 15) is 4.79 Å². The third-order valence-corrected chi connectivity index (χ3v) is 3.70. The fourth-order valence-corrected chi connectivity index (χ4v) is 2.59. The van der Waals surface area contributed by atoms with Gasteiger partial charge in [-0.15, -0.1) is 0 Å². The third kappa shape index (κ3) is 3.24. The molecule has 0 aromatic heterocycles. The monoisotopic (exact) mass is 267 g/mol. The molecule has 0 atom stereocenters. The summed E-state index contributed by atoms with van der Waals surface area (Å²) in [7, 11) is 1.58. The van der Waals surface area contributed by atoms with E-state index in [0.717, 1.165) is 0 Å². The van der Waals surface area contributed by atoms with Crippen LogP contribution in [0.15, 0.2) is 18.2 Å². The van der Waals surface area contributed by atoms with Gasteiger partial charge in [0, 0.05) is 11.6 Å². The molecule has 1 fully saturated rings. The molecule has 0 radical (unpaired) electrons. The summed E-state index contributed by atoms with van der Waals surface area (Å²) in [5.74, 6) is 0.704. The Kier molecular flexibility index (Phi) is 4.61. The number of carbonyl (C=O) groups is 1.